The van der Waals surface area contributed by atoms with Gasteiger partial charge in [0.2, 0.25) is 0 Å². The zero-order valence-corrected chi connectivity index (χ0v) is 26.3. The number of rotatable bonds is 7. The molecule has 0 aromatic heterocycles. The second kappa shape index (κ2) is 10.9. The van der Waals surface area contributed by atoms with Crippen molar-refractivity contribution in [3.63, 3.8) is 0 Å². The highest BCUT2D eigenvalue weighted by Gasteiger charge is 2.76. The Morgan fingerprint density at radius 2 is 1.98 bits per heavy atom. The van der Waals surface area contributed by atoms with Crippen molar-refractivity contribution in [1.29, 1.82) is 0 Å². The summed E-state index contributed by atoms with van der Waals surface area (Å²) in [6.45, 7) is 5.89. The molecule has 7 rings (SSSR count). The van der Waals surface area contributed by atoms with Crippen molar-refractivity contribution in [3.05, 3.63) is 83.0 Å². The van der Waals surface area contributed by atoms with Crippen LogP contribution in [0.25, 0.3) is 0 Å². The van der Waals surface area contributed by atoms with E-state index in [-0.39, 0.29) is 23.5 Å². The average molecular weight is 615 g/mol. The van der Waals surface area contributed by atoms with Crippen LogP contribution in [0.4, 0.5) is 0 Å². The summed E-state index contributed by atoms with van der Waals surface area (Å²) in [5.74, 6) is 0.719. The number of fused-ring (bicyclic) bond motifs is 7. The van der Waals surface area contributed by atoms with Gasteiger partial charge in [-0.25, -0.2) is 0 Å². The normalized spacial score (nSPS) is 38.1. The van der Waals surface area contributed by atoms with Gasteiger partial charge in [-0.05, 0) is 80.4 Å². The lowest BCUT2D eigenvalue weighted by Gasteiger charge is -2.59. The molecule has 0 unspecified atom stereocenters. The van der Waals surface area contributed by atoms with E-state index in [1.807, 2.05) is 50.3 Å². The molecule has 8 nitrogen and oxygen atoms in total. The van der Waals surface area contributed by atoms with E-state index >= 15 is 0 Å². The SMILES string of the molecule is COc1ccc(OCc2cccc(C)c2)cc1[C@H]1O[C@@H]2C[C@H]3[C@@H]4CCC5=CC(=O)C=C[C@]5(C)[C@H]4[C@@H](O)C[C@]3(C)[C@]2(C(=O)CO)O1. The summed E-state index contributed by atoms with van der Waals surface area (Å²) in [5, 5.41) is 22.2. The molecule has 0 radical (unpaired) electrons. The summed E-state index contributed by atoms with van der Waals surface area (Å²) in [6.07, 6.45) is 5.50. The van der Waals surface area contributed by atoms with Crippen molar-refractivity contribution in [2.24, 2.45) is 28.6 Å². The van der Waals surface area contributed by atoms with Crippen molar-refractivity contribution >= 4 is 11.6 Å². The van der Waals surface area contributed by atoms with E-state index in [0.717, 1.165) is 29.5 Å². The Bertz CT molecular complexity index is 1590. The number of carbonyl (C=O) groups excluding carboxylic acids is 2. The highest BCUT2D eigenvalue weighted by molar-refractivity contribution is 6.01. The third-order valence-electron chi connectivity index (χ3n) is 11.7. The molecular weight excluding hydrogens is 572 g/mol. The lowest BCUT2D eigenvalue weighted by atomic mass is 9.46. The van der Waals surface area contributed by atoms with Crippen molar-refractivity contribution in [3.8, 4) is 11.5 Å². The number of Topliss-reactive ketones (excluding diaryl/α,β-unsaturated/α-hetero) is 1. The number of aliphatic hydroxyl groups is 2. The van der Waals surface area contributed by atoms with Crippen LogP contribution >= 0.6 is 0 Å². The summed E-state index contributed by atoms with van der Waals surface area (Å²) in [6, 6.07) is 13.6. The quantitative estimate of drug-likeness (QED) is 0.439. The number of benzene rings is 2. The Kier molecular flexibility index (Phi) is 7.36. The molecule has 4 aliphatic carbocycles. The lowest BCUT2D eigenvalue weighted by molar-refractivity contribution is -0.201. The highest BCUT2D eigenvalue weighted by atomic mass is 16.7. The number of aliphatic hydroxyl groups excluding tert-OH is 2. The molecule has 0 amide bonds. The van der Waals surface area contributed by atoms with Crippen molar-refractivity contribution in [1.82, 2.24) is 0 Å². The van der Waals surface area contributed by atoms with Gasteiger partial charge in [0.05, 0.1) is 24.9 Å². The molecule has 2 aromatic rings. The third-order valence-corrected chi connectivity index (χ3v) is 11.7. The fraction of sp³-hybridized carbons (Fsp3) is 0.514. The number of aryl methyl sites for hydroxylation is 1. The largest absolute Gasteiger partial charge is 0.496 e. The minimum absolute atomic E-state index is 0.00754. The number of hydrogen-bond acceptors (Lipinski definition) is 8. The predicted octanol–water partition coefficient (Wildman–Crippen LogP) is 5.19. The standard InChI is InChI=1S/C37H42O8/c1-21-6-5-7-22(14-21)20-43-25-9-11-30(42-4)27(16-25)34-44-32-17-28-26-10-8-23-15-24(39)12-13-35(23,2)33(26)29(40)18-36(28,3)37(32,45-34)31(41)19-38/h5-7,9,11-16,26,28-29,32-34,38,40H,8,10,17-20H2,1-4H3/t26-,28-,29-,32+,33+,34-,35-,36-,37+/m0/s1. The van der Waals surface area contributed by atoms with Crippen LogP contribution in [0, 0.1) is 35.5 Å². The van der Waals surface area contributed by atoms with E-state index in [4.69, 9.17) is 18.9 Å². The molecular formula is C37H42O8. The van der Waals surface area contributed by atoms with Crippen LogP contribution in [-0.4, -0.2) is 53.3 Å². The lowest BCUT2D eigenvalue weighted by Crippen LogP contribution is -2.63. The molecule has 9 atom stereocenters. The fourth-order valence-electron chi connectivity index (χ4n) is 9.78. The van der Waals surface area contributed by atoms with Gasteiger partial charge in [-0.15, -0.1) is 0 Å². The molecule has 2 N–H and O–H groups in total. The van der Waals surface area contributed by atoms with Crippen LogP contribution in [0.15, 0.2) is 66.3 Å². The summed E-state index contributed by atoms with van der Waals surface area (Å²) in [5.41, 5.74) is 1.21. The molecule has 0 spiro atoms. The molecule has 3 saturated carbocycles. The molecule has 238 valence electrons. The van der Waals surface area contributed by atoms with Gasteiger partial charge >= 0.3 is 0 Å². The molecule has 2 aromatic carbocycles. The number of allylic oxidation sites excluding steroid dienone is 4. The number of carbonyl (C=O) groups is 2. The van der Waals surface area contributed by atoms with Gasteiger partial charge in [-0.3, -0.25) is 9.59 Å². The van der Waals surface area contributed by atoms with Gasteiger partial charge in [0, 0.05) is 16.7 Å². The maximum Gasteiger partial charge on any atom is 0.193 e. The van der Waals surface area contributed by atoms with Gasteiger partial charge < -0.3 is 29.2 Å². The molecule has 8 heteroatoms. The van der Waals surface area contributed by atoms with E-state index in [2.05, 4.69) is 13.0 Å². The number of ether oxygens (including phenoxy) is 4. The second-order valence-electron chi connectivity index (χ2n) is 14.0. The molecule has 1 saturated heterocycles. The van der Waals surface area contributed by atoms with E-state index < -0.39 is 47.3 Å². The van der Waals surface area contributed by atoms with Gasteiger partial charge in [0.25, 0.3) is 0 Å². The van der Waals surface area contributed by atoms with Crippen LogP contribution in [0.1, 0.15) is 62.5 Å². The Morgan fingerprint density at radius 3 is 2.73 bits per heavy atom. The zero-order chi connectivity index (χ0) is 31.7. The van der Waals surface area contributed by atoms with Gasteiger partial charge in [-0.2, -0.15) is 0 Å². The average Bonchev–Trinajstić information content (AvgIpc) is 3.52. The van der Waals surface area contributed by atoms with Crippen molar-refractivity contribution < 1.29 is 38.7 Å². The first-order valence-corrected chi connectivity index (χ1v) is 16.0. The highest BCUT2D eigenvalue weighted by Crippen LogP contribution is 2.70. The van der Waals surface area contributed by atoms with Crippen LogP contribution in [0.3, 0.4) is 0 Å². The Balaban J connectivity index is 1.20. The van der Waals surface area contributed by atoms with Crippen LogP contribution in [-0.2, 0) is 25.7 Å². The maximum absolute atomic E-state index is 13.9. The number of ketones is 2. The van der Waals surface area contributed by atoms with Crippen LogP contribution < -0.4 is 9.47 Å². The Morgan fingerprint density at radius 1 is 1.16 bits per heavy atom. The second-order valence-corrected chi connectivity index (χ2v) is 14.0. The van der Waals surface area contributed by atoms with Gasteiger partial charge in [-0.1, -0.05) is 55.3 Å². The van der Waals surface area contributed by atoms with Crippen LogP contribution in [0.5, 0.6) is 11.5 Å². The minimum Gasteiger partial charge on any atom is -0.496 e. The Labute approximate surface area is 264 Å². The molecule has 4 fully saturated rings. The first kappa shape index (κ1) is 30.4. The molecule has 1 aliphatic heterocycles. The Hall–Kier alpha value is -3.30. The van der Waals surface area contributed by atoms with E-state index in [9.17, 15) is 19.8 Å². The maximum atomic E-state index is 13.9. The smallest absolute Gasteiger partial charge is 0.193 e. The number of methoxy groups -OCH3 is 1. The first-order valence-electron chi connectivity index (χ1n) is 16.0. The van der Waals surface area contributed by atoms with E-state index in [1.165, 1.54) is 0 Å². The topological polar surface area (TPSA) is 112 Å². The van der Waals surface area contributed by atoms with Crippen molar-refractivity contribution in [2.45, 2.75) is 77.2 Å². The van der Waals surface area contributed by atoms with Gasteiger partial charge in [0.1, 0.15) is 24.7 Å². The zero-order valence-electron chi connectivity index (χ0n) is 26.3. The summed E-state index contributed by atoms with van der Waals surface area (Å²) in [4.78, 5) is 26.1. The van der Waals surface area contributed by atoms with E-state index in [0.29, 0.717) is 36.5 Å². The minimum atomic E-state index is -1.44. The summed E-state index contributed by atoms with van der Waals surface area (Å²) >= 11 is 0. The summed E-state index contributed by atoms with van der Waals surface area (Å²) < 4.78 is 25.3. The molecule has 0 bridgehead atoms. The monoisotopic (exact) mass is 614 g/mol. The molecule has 45 heavy (non-hydrogen) atoms. The summed E-state index contributed by atoms with van der Waals surface area (Å²) in [7, 11) is 1.57. The first-order chi connectivity index (χ1) is 21.5. The fourth-order valence-corrected chi connectivity index (χ4v) is 9.78. The van der Waals surface area contributed by atoms with Crippen molar-refractivity contribution in [2.75, 3.05) is 13.7 Å². The van der Waals surface area contributed by atoms with Gasteiger partial charge in [0.15, 0.2) is 23.5 Å². The van der Waals surface area contributed by atoms with Crippen LogP contribution in [0.2, 0.25) is 0 Å². The number of hydrogen-bond donors (Lipinski definition) is 2. The molecule has 1 heterocycles. The third kappa shape index (κ3) is 4.48. The van der Waals surface area contributed by atoms with E-state index in [1.54, 1.807) is 25.3 Å². The predicted molar refractivity (Wildman–Crippen MR) is 165 cm³/mol. The molecule has 5 aliphatic rings.